The van der Waals surface area contributed by atoms with Gasteiger partial charge in [0.05, 0.1) is 12.3 Å². The highest BCUT2D eigenvalue weighted by Gasteiger charge is 2.27. The summed E-state index contributed by atoms with van der Waals surface area (Å²) in [7, 11) is 1.89. The van der Waals surface area contributed by atoms with Gasteiger partial charge in [0.1, 0.15) is 5.82 Å². The number of H-pyrrole nitrogens is 2. The van der Waals surface area contributed by atoms with E-state index in [1.807, 2.05) is 17.8 Å². The summed E-state index contributed by atoms with van der Waals surface area (Å²) in [5.41, 5.74) is -0.392. The zero-order valence-electron chi connectivity index (χ0n) is 15.0. The van der Waals surface area contributed by atoms with E-state index in [0.717, 1.165) is 30.8 Å². The molecule has 1 saturated carbocycles. The molecule has 0 radical (unpaired) electrons. The summed E-state index contributed by atoms with van der Waals surface area (Å²) in [4.78, 5) is 42.0. The number of aryl methyl sites for hydroxylation is 1. The molecule has 2 amide bonds. The number of aromatic nitrogens is 5. The second kappa shape index (κ2) is 8.89. The average Bonchev–Trinajstić information content (AvgIpc) is 3.26. The highest BCUT2D eigenvalue weighted by molar-refractivity contribution is 7.99. The van der Waals surface area contributed by atoms with Crippen LogP contribution in [0.2, 0.25) is 0 Å². The largest absolute Gasteiger partial charge is 0.353 e. The number of imidazole rings is 1. The molecule has 4 N–H and O–H groups in total. The molecule has 1 aliphatic carbocycles. The Morgan fingerprint density at radius 2 is 2.11 bits per heavy atom. The van der Waals surface area contributed by atoms with Gasteiger partial charge in [-0.25, -0.2) is 14.9 Å². The van der Waals surface area contributed by atoms with Gasteiger partial charge >= 0.3 is 5.69 Å². The molecular weight excluding hydrogens is 370 g/mol. The minimum atomic E-state index is -0.392. The first kappa shape index (κ1) is 19.2. The number of hydrogen-bond acceptors (Lipinski definition) is 6. The molecule has 11 heteroatoms. The second-order valence-corrected chi connectivity index (χ2v) is 7.51. The lowest BCUT2D eigenvalue weighted by molar-refractivity contribution is -0.126. The third kappa shape index (κ3) is 5.46. The van der Waals surface area contributed by atoms with Gasteiger partial charge in [0, 0.05) is 31.4 Å². The van der Waals surface area contributed by atoms with Crippen LogP contribution in [-0.2, 0) is 23.2 Å². The molecule has 0 aliphatic heterocycles. The number of carbonyl (C=O) groups is 2. The predicted molar refractivity (Wildman–Crippen MR) is 98.9 cm³/mol. The second-order valence-electron chi connectivity index (χ2n) is 6.57. The topological polar surface area (TPSA) is 138 Å². The van der Waals surface area contributed by atoms with Crippen LogP contribution in [0, 0.1) is 5.92 Å². The van der Waals surface area contributed by atoms with Crippen LogP contribution in [0.5, 0.6) is 0 Å². The maximum absolute atomic E-state index is 12.2. The van der Waals surface area contributed by atoms with Gasteiger partial charge in [0.15, 0.2) is 5.16 Å². The SMILES string of the molecule is Cn1ccnc1SCC(=O)NC1CCC(C(=O)NCc2n[nH]c(=O)[nH]2)CC1. The van der Waals surface area contributed by atoms with Crippen LogP contribution in [0.15, 0.2) is 22.3 Å². The van der Waals surface area contributed by atoms with Gasteiger partial charge in [-0.2, -0.15) is 5.10 Å². The van der Waals surface area contributed by atoms with Crippen molar-refractivity contribution in [2.24, 2.45) is 13.0 Å². The summed E-state index contributed by atoms with van der Waals surface area (Å²) in [6, 6.07) is 0.103. The zero-order valence-corrected chi connectivity index (χ0v) is 15.8. The van der Waals surface area contributed by atoms with Crippen molar-refractivity contribution in [1.29, 1.82) is 0 Å². The number of nitrogens with zero attached hydrogens (tertiary/aromatic N) is 3. The molecule has 0 spiro atoms. The van der Waals surface area contributed by atoms with Gasteiger partial charge in [-0.1, -0.05) is 11.8 Å². The first-order valence-electron chi connectivity index (χ1n) is 8.82. The van der Waals surface area contributed by atoms with Crippen molar-refractivity contribution in [1.82, 2.24) is 35.4 Å². The fraction of sp³-hybridized carbons (Fsp3) is 0.562. The highest BCUT2D eigenvalue weighted by atomic mass is 32.2. The average molecular weight is 393 g/mol. The number of hydrogen-bond donors (Lipinski definition) is 4. The quantitative estimate of drug-likeness (QED) is 0.485. The molecule has 0 saturated heterocycles. The van der Waals surface area contributed by atoms with Gasteiger partial charge < -0.3 is 15.2 Å². The Morgan fingerprint density at radius 3 is 2.74 bits per heavy atom. The van der Waals surface area contributed by atoms with Crippen LogP contribution in [0.3, 0.4) is 0 Å². The van der Waals surface area contributed by atoms with E-state index in [9.17, 15) is 14.4 Å². The van der Waals surface area contributed by atoms with E-state index in [2.05, 4.69) is 30.8 Å². The monoisotopic (exact) mass is 393 g/mol. The van der Waals surface area contributed by atoms with Crippen LogP contribution < -0.4 is 16.3 Å². The summed E-state index contributed by atoms with van der Waals surface area (Å²) in [5.74, 6) is 0.588. The molecule has 27 heavy (non-hydrogen) atoms. The van der Waals surface area contributed by atoms with Crippen LogP contribution in [-0.4, -0.2) is 48.3 Å². The molecule has 146 valence electrons. The Labute approximate surface area is 159 Å². The fourth-order valence-electron chi connectivity index (χ4n) is 3.09. The molecule has 1 fully saturated rings. The molecule has 10 nitrogen and oxygen atoms in total. The van der Waals surface area contributed by atoms with Crippen LogP contribution >= 0.6 is 11.8 Å². The van der Waals surface area contributed by atoms with Crippen LogP contribution in [0.25, 0.3) is 0 Å². The maximum atomic E-state index is 12.2. The minimum Gasteiger partial charge on any atom is -0.353 e. The smallest absolute Gasteiger partial charge is 0.340 e. The Bertz CT molecular complexity index is 835. The molecule has 2 aromatic heterocycles. The lowest BCUT2D eigenvalue weighted by atomic mass is 9.85. The fourth-order valence-corrected chi connectivity index (χ4v) is 3.84. The molecule has 0 aromatic carbocycles. The van der Waals surface area contributed by atoms with Crippen molar-refractivity contribution in [2.75, 3.05) is 5.75 Å². The Morgan fingerprint density at radius 1 is 1.33 bits per heavy atom. The molecule has 2 heterocycles. The molecular formula is C16H23N7O3S. The van der Waals surface area contributed by atoms with Gasteiger partial charge in [-0.3, -0.25) is 14.6 Å². The van der Waals surface area contributed by atoms with Crippen molar-refractivity contribution >= 4 is 23.6 Å². The Balaban J connectivity index is 1.35. The number of carbonyl (C=O) groups excluding carboxylic acids is 2. The number of aromatic amines is 2. The minimum absolute atomic E-state index is 0.0154. The van der Waals surface area contributed by atoms with E-state index in [4.69, 9.17) is 0 Å². The van der Waals surface area contributed by atoms with Crippen molar-refractivity contribution in [3.63, 3.8) is 0 Å². The standard InChI is InChI=1S/C16H23N7O3S/c1-23-7-6-17-16(23)27-9-13(24)19-11-4-2-10(3-5-11)14(25)18-8-12-20-15(26)22-21-12/h6-7,10-11H,2-5,8-9H2,1H3,(H,18,25)(H,19,24)(H2,20,21,22,26). The van der Waals surface area contributed by atoms with E-state index in [1.54, 1.807) is 6.20 Å². The normalized spacial score (nSPS) is 19.6. The summed E-state index contributed by atoms with van der Waals surface area (Å²) >= 11 is 1.40. The number of rotatable bonds is 7. The third-order valence-corrected chi connectivity index (χ3v) is 5.61. The first-order valence-corrected chi connectivity index (χ1v) is 9.80. The van der Waals surface area contributed by atoms with E-state index < -0.39 is 5.69 Å². The Hall–Kier alpha value is -2.56. The third-order valence-electron chi connectivity index (χ3n) is 4.55. The van der Waals surface area contributed by atoms with Gasteiger partial charge in [-0.05, 0) is 25.7 Å². The van der Waals surface area contributed by atoms with E-state index in [1.165, 1.54) is 11.8 Å². The van der Waals surface area contributed by atoms with Crippen molar-refractivity contribution in [2.45, 2.75) is 43.4 Å². The molecule has 0 unspecified atom stereocenters. The van der Waals surface area contributed by atoms with Gasteiger partial charge in [0.25, 0.3) is 0 Å². The summed E-state index contributed by atoms with van der Waals surface area (Å²) in [6.07, 6.45) is 6.54. The summed E-state index contributed by atoms with van der Waals surface area (Å²) in [5, 5.41) is 12.6. The summed E-state index contributed by atoms with van der Waals surface area (Å²) < 4.78 is 1.88. The zero-order chi connectivity index (χ0) is 19.2. The molecule has 1 aliphatic rings. The number of thioether (sulfide) groups is 1. The highest BCUT2D eigenvalue weighted by Crippen LogP contribution is 2.25. The predicted octanol–water partition coefficient (Wildman–Crippen LogP) is -0.0850. The number of amides is 2. The number of nitrogens with one attached hydrogen (secondary N) is 4. The van der Waals surface area contributed by atoms with Gasteiger partial charge in [-0.15, -0.1) is 0 Å². The lowest BCUT2D eigenvalue weighted by Gasteiger charge is -2.28. The summed E-state index contributed by atoms with van der Waals surface area (Å²) in [6.45, 7) is 0.193. The first-order chi connectivity index (χ1) is 13.0. The van der Waals surface area contributed by atoms with Crippen LogP contribution in [0.4, 0.5) is 0 Å². The molecule has 2 aromatic rings. The van der Waals surface area contributed by atoms with E-state index >= 15 is 0 Å². The molecule has 0 bridgehead atoms. The van der Waals surface area contributed by atoms with Crippen molar-refractivity contribution in [3.8, 4) is 0 Å². The van der Waals surface area contributed by atoms with Crippen molar-refractivity contribution < 1.29 is 9.59 Å². The van der Waals surface area contributed by atoms with Crippen molar-refractivity contribution in [3.05, 3.63) is 28.7 Å². The Kier molecular flexibility index (Phi) is 6.32. The van der Waals surface area contributed by atoms with E-state index in [0.29, 0.717) is 11.6 Å². The lowest BCUT2D eigenvalue weighted by Crippen LogP contribution is -2.41. The molecule has 0 atom stereocenters. The molecule has 3 rings (SSSR count). The van der Waals surface area contributed by atoms with E-state index in [-0.39, 0.29) is 30.3 Å². The van der Waals surface area contributed by atoms with Crippen LogP contribution in [0.1, 0.15) is 31.5 Å². The maximum Gasteiger partial charge on any atom is 0.340 e. The van der Waals surface area contributed by atoms with Gasteiger partial charge in [0.2, 0.25) is 11.8 Å².